The highest BCUT2D eigenvalue weighted by atomic mass is 15.1. The first-order valence-electron chi connectivity index (χ1n) is 7.85. The summed E-state index contributed by atoms with van der Waals surface area (Å²) >= 11 is 0. The van der Waals surface area contributed by atoms with Gasteiger partial charge in [-0.25, -0.2) is 0 Å². The lowest BCUT2D eigenvalue weighted by atomic mass is 10.0. The van der Waals surface area contributed by atoms with E-state index in [9.17, 15) is 0 Å². The Labute approximate surface area is 123 Å². The highest BCUT2D eigenvalue weighted by molar-refractivity contribution is 5.19. The molecule has 20 heavy (non-hydrogen) atoms. The van der Waals surface area contributed by atoms with E-state index in [-0.39, 0.29) is 0 Å². The second-order valence-corrected chi connectivity index (χ2v) is 6.23. The molecule has 0 spiro atoms. The van der Waals surface area contributed by atoms with Crippen molar-refractivity contribution in [1.29, 1.82) is 0 Å². The molecule has 1 aromatic rings. The van der Waals surface area contributed by atoms with Crippen LogP contribution in [0.3, 0.4) is 0 Å². The van der Waals surface area contributed by atoms with Gasteiger partial charge in [0, 0.05) is 24.7 Å². The number of nitrogens with one attached hydrogen (secondary N) is 2. The van der Waals surface area contributed by atoms with Crippen LogP contribution in [-0.4, -0.2) is 44.2 Å². The molecular formula is C17H29N3. The number of hydrogen-bond donors (Lipinski definition) is 2. The zero-order chi connectivity index (χ0) is 14.4. The number of nitrogens with zero attached hydrogens (tertiary/aromatic N) is 1. The van der Waals surface area contributed by atoms with Crippen LogP contribution < -0.4 is 10.6 Å². The molecule has 0 radical (unpaired) electrons. The minimum atomic E-state index is 0.440. The van der Waals surface area contributed by atoms with Crippen molar-refractivity contribution in [1.82, 2.24) is 15.5 Å². The number of hydrogen-bond acceptors (Lipinski definition) is 3. The normalized spacial score (nSPS) is 22.1. The molecule has 1 fully saturated rings. The van der Waals surface area contributed by atoms with E-state index in [0.29, 0.717) is 18.1 Å². The van der Waals surface area contributed by atoms with Crippen molar-refractivity contribution in [2.24, 2.45) is 0 Å². The van der Waals surface area contributed by atoms with Gasteiger partial charge in [0.1, 0.15) is 0 Å². The molecule has 2 rings (SSSR count). The van der Waals surface area contributed by atoms with Crippen molar-refractivity contribution in [2.45, 2.75) is 44.3 Å². The molecule has 0 aliphatic carbocycles. The molecule has 0 bridgehead atoms. The highest BCUT2D eigenvalue weighted by Crippen LogP contribution is 2.17. The fourth-order valence-corrected chi connectivity index (χ4v) is 3.05. The molecule has 3 heteroatoms. The Hall–Kier alpha value is -0.900. The summed E-state index contributed by atoms with van der Waals surface area (Å²) in [6, 6.07) is 12.5. The van der Waals surface area contributed by atoms with Gasteiger partial charge in [0.25, 0.3) is 0 Å². The predicted molar refractivity (Wildman–Crippen MR) is 86.0 cm³/mol. The average molecular weight is 275 g/mol. The van der Waals surface area contributed by atoms with Crippen LogP contribution in [-0.2, 0) is 0 Å². The summed E-state index contributed by atoms with van der Waals surface area (Å²) in [6.45, 7) is 4.50. The zero-order valence-electron chi connectivity index (χ0n) is 13.1. The van der Waals surface area contributed by atoms with E-state index >= 15 is 0 Å². The minimum Gasteiger partial charge on any atom is -0.314 e. The van der Waals surface area contributed by atoms with Crippen molar-refractivity contribution in [2.75, 3.05) is 27.2 Å². The van der Waals surface area contributed by atoms with Gasteiger partial charge in [-0.2, -0.15) is 0 Å². The molecule has 3 unspecified atom stereocenters. The van der Waals surface area contributed by atoms with Gasteiger partial charge in [0.05, 0.1) is 0 Å². The Balaban J connectivity index is 1.82. The second-order valence-electron chi connectivity index (χ2n) is 6.23. The molecule has 0 aromatic heterocycles. The lowest BCUT2D eigenvalue weighted by molar-refractivity contribution is 0.276. The van der Waals surface area contributed by atoms with Gasteiger partial charge in [0.2, 0.25) is 0 Å². The summed E-state index contributed by atoms with van der Waals surface area (Å²) in [5.41, 5.74) is 1.39. The van der Waals surface area contributed by atoms with Gasteiger partial charge in [-0.3, -0.25) is 0 Å². The maximum absolute atomic E-state index is 3.71. The lowest BCUT2D eigenvalue weighted by Gasteiger charge is -2.27. The highest BCUT2D eigenvalue weighted by Gasteiger charge is 2.19. The zero-order valence-corrected chi connectivity index (χ0v) is 13.1. The Bertz CT molecular complexity index is 371. The third kappa shape index (κ3) is 4.58. The van der Waals surface area contributed by atoms with Crippen LogP contribution in [0.2, 0.25) is 0 Å². The van der Waals surface area contributed by atoms with E-state index < -0.39 is 0 Å². The SMILES string of the molecule is CC(CC1CCCN1)NCC(c1ccccc1)N(C)C. The third-order valence-corrected chi connectivity index (χ3v) is 4.27. The molecule has 1 heterocycles. The van der Waals surface area contributed by atoms with Crippen molar-refractivity contribution >= 4 is 0 Å². The molecule has 112 valence electrons. The van der Waals surface area contributed by atoms with Crippen LogP contribution in [0.1, 0.15) is 37.8 Å². The number of benzene rings is 1. The molecule has 1 saturated heterocycles. The van der Waals surface area contributed by atoms with E-state index in [4.69, 9.17) is 0 Å². The Morgan fingerprint density at radius 3 is 2.65 bits per heavy atom. The summed E-state index contributed by atoms with van der Waals surface area (Å²) in [4.78, 5) is 2.29. The average Bonchev–Trinajstić information content (AvgIpc) is 2.92. The van der Waals surface area contributed by atoms with Gasteiger partial charge in [-0.15, -0.1) is 0 Å². The fourth-order valence-electron chi connectivity index (χ4n) is 3.05. The maximum Gasteiger partial charge on any atom is 0.0466 e. The largest absolute Gasteiger partial charge is 0.314 e. The van der Waals surface area contributed by atoms with Crippen molar-refractivity contribution in [3.8, 4) is 0 Å². The van der Waals surface area contributed by atoms with E-state index in [1.807, 2.05) is 0 Å². The maximum atomic E-state index is 3.71. The monoisotopic (exact) mass is 275 g/mol. The van der Waals surface area contributed by atoms with Crippen molar-refractivity contribution in [3.63, 3.8) is 0 Å². The van der Waals surface area contributed by atoms with Gasteiger partial charge < -0.3 is 15.5 Å². The lowest BCUT2D eigenvalue weighted by Crippen LogP contribution is -2.38. The van der Waals surface area contributed by atoms with E-state index in [1.165, 1.54) is 31.4 Å². The molecule has 1 aliphatic rings. The smallest absolute Gasteiger partial charge is 0.0466 e. The molecule has 3 nitrogen and oxygen atoms in total. The van der Waals surface area contributed by atoms with E-state index in [0.717, 1.165) is 6.54 Å². The molecule has 3 atom stereocenters. The third-order valence-electron chi connectivity index (χ3n) is 4.27. The molecule has 0 saturated carbocycles. The van der Waals surface area contributed by atoms with Crippen LogP contribution in [0.25, 0.3) is 0 Å². The Morgan fingerprint density at radius 2 is 2.05 bits per heavy atom. The standard InChI is InChI=1S/C17H29N3/c1-14(12-16-10-7-11-18-16)19-13-17(20(2)3)15-8-5-4-6-9-15/h4-6,8-9,14,16-19H,7,10-13H2,1-3H3. The van der Waals surface area contributed by atoms with Crippen LogP contribution in [0.15, 0.2) is 30.3 Å². The number of likely N-dealkylation sites (N-methyl/N-ethyl adjacent to an activating group) is 1. The van der Waals surface area contributed by atoms with Gasteiger partial charge >= 0.3 is 0 Å². The van der Waals surface area contributed by atoms with Crippen LogP contribution in [0, 0.1) is 0 Å². The number of rotatable bonds is 7. The second kappa shape index (κ2) is 7.77. The quantitative estimate of drug-likeness (QED) is 0.800. The molecule has 2 N–H and O–H groups in total. The first-order chi connectivity index (χ1) is 9.66. The molecule has 0 amide bonds. The minimum absolute atomic E-state index is 0.440. The van der Waals surface area contributed by atoms with Gasteiger partial charge in [-0.05, 0) is 52.4 Å². The molecule has 1 aliphatic heterocycles. The van der Waals surface area contributed by atoms with Crippen molar-refractivity contribution < 1.29 is 0 Å². The van der Waals surface area contributed by atoms with Gasteiger partial charge in [0.15, 0.2) is 0 Å². The molecular weight excluding hydrogens is 246 g/mol. The van der Waals surface area contributed by atoms with Gasteiger partial charge in [-0.1, -0.05) is 30.3 Å². The summed E-state index contributed by atoms with van der Waals surface area (Å²) < 4.78 is 0. The summed E-state index contributed by atoms with van der Waals surface area (Å²) in [5, 5.41) is 7.29. The van der Waals surface area contributed by atoms with E-state index in [1.54, 1.807) is 0 Å². The van der Waals surface area contributed by atoms with Crippen LogP contribution in [0.5, 0.6) is 0 Å². The summed E-state index contributed by atoms with van der Waals surface area (Å²) in [5.74, 6) is 0. The predicted octanol–water partition coefficient (Wildman–Crippen LogP) is 2.41. The Kier molecular flexibility index (Phi) is 6.02. The molecule has 1 aromatic carbocycles. The first kappa shape index (κ1) is 15.5. The van der Waals surface area contributed by atoms with E-state index in [2.05, 4.69) is 66.9 Å². The van der Waals surface area contributed by atoms with Crippen LogP contribution in [0.4, 0.5) is 0 Å². The summed E-state index contributed by atoms with van der Waals surface area (Å²) in [6.07, 6.45) is 3.90. The van der Waals surface area contributed by atoms with Crippen LogP contribution >= 0.6 is 0 Å². The van der Waals surface area contributed by atoms with Crippen molar-refractivity contribution in [3.05, 3.63) is 35.9 Å². The fraction of sp³-hybridized carbons (Fsp3) is 0.647. The first-order valence-corrected chi connectivity index (χ1v) is 7.85. The Morgan fingerprint density at radius 1 is 1.30 bits per heavy atom. The topological polar surface area (TPSA) is 27.3 Å². The summed E-state index contributed by atoms with van der Waals surface area (Å²) in [7, 11) is 4.31.